The average Bonchev–Trinajstić information content (AvgIpc) is 2.57. The largest absolute Gasteiger partial charge is 0.398 e. The van der Waals surface area contributed by atoms with Crippen LogP contribution in [0.2, 0.25) is 0 Å². The van der Waals surface area contributed by atoms with E-state index in [1.807, 2.05) is 16.7 Å². The Morgan fingerprint density at radius 3 is 2.58 bits per heavy atom. The van der Waals surface area contributed by atoms with Gasteiger partial charge in [-0.3, -0.25) is 9.59 Å². The molecule has 0 spiro atoms. The van der Waals surface area contributed by atoms with Crippen molar-refractivity contribution in [2.75, 3.05) is 18.8 Å². The first-order chi connectivity index (χ1) is 11.5. The minimum Gasteiger partial charge on any atom is -0.398 e. The number of carbonyl (C=O) groups excluding carboxylic acids is 1. The molecule has 1 fully saturated rings. The van der Waals surface area contributed by atoms with E-state index in [2.05, 4.69) is 13.8 Å². The van der Waals surface area contributed by atoms with Gasteiger partial charge in [-0.25, -0.2) is 0 Å². The average molecular weight is 327 g/mol. The maximum absolute atomic E-state index is 12.9. The summed E-state index contributed by atoms with van der Waals surface area (Å²) in [6.07, 6.45) is 4.87. The smallest absolute Gasteiger partial charge is 0.259 e. The van der Waals surface area contributed by atoms with E-state index >= 15 is 0 Å². The lowest BCUT2D eigenvalue weighted by Crippen LogP contribution is -2.38. The van der Waals surface area contributed by atoms with Gasteiger partial charge in [0.05, 0.1) is 10.9 Å². The molecule has 0 radical (unpaired) electrons. The van der Waals surface area contributed by atoms with Crippen LogP contribution in [0, 0.1) is 5.92 Å². The van der Waals surface area contributed by atoms with Crippen LogP contribution in [0.25, 0.3) is 10.9 Å². The van der Waals surface area contributed by atoms with Gasteiger partial charge in [-0.05, 0) is 37.3 Å². The molecular weight excluding hydrogens is 302 g/mol. The number of carbonyl (C=O) groups is 1. The Bertz CT molecular complexity index is 817. The van der Waals surface area contributed by atoms with Gasteiger partial charge in [0.15, 0.2) is 0 Å². The number of hydrogen-bond donors (Lipinski definition) is 1. The number of hydrogen-bond acceptors (Lipinski definition) is 3. The third-order valence-electron chi connectivity index (χ3n) is 4.58. The lowest BCUT2D eigenvalue weighted by molar-refractivity contribution is 0.0722. The van der Waals surface area contributed by atoms with Crippen LogP contribution in [0.5, 0.6) is 0 Å². The van der Waals surface area contributed by atoms with E-state index in [1.54, 1.807) is 17.2 Å². The predicted molar refractivity (Wildman–Crippen MR) is 97.2 cm³/mol. The SMILES string of the molecule is CC(C)Cn1cc(C(=O)N2CCCCC2)c(=O)c2c(N)cccc21. The predicted octanol–water partition coefficient (Wildman–Crippen LogP) is 2.87. The molecule has 5 nitrogen and oxygen atoms in total. The molecule has 1 aromatic heterocycles. The zero-order valence-corrected chi connectivity index (χ0v) is 14.4. The van der Waals surface area contributed by atoms with Gasteiger partial charge in [0.2, 0.25) is 5.43 Å². The Balaban J connectivity index is 2.17. The van der Waals surface area contributed by atoms with Gasteiger partial charge in [0.1, 0.15) is 5.56 Å². The van der Waals surface area contributed by atoms with Crippen molar-refractivity contribution in [2.24, 2.45) is 5.92 Å². The summed E-state index contributed by atoms with van der Waals surface area (Å²) in [6.45, 7) is 6.42. The van der Waals surface area contributed by atoms with E-state index in [0.717, 1.165) is 44.4 Å². The number of likely N-dealkylation sites (tertiary alicyclic amines) is 1. The second-order valence-corrected chi connectivity index (χ2v) is 7.01. The molecule has 1 aromatic carbocycles. The van der Waals surface area contributed by atoms with Crippen LogP contribution in [0.3, 0.4) is 0 Å². The Labute approximate surface area is 142 Å². The van der Waals surface area contributed by atoms with Crippen molar-refractivity contribution in [3.63, 3.8) is 0 Å². The second kappa shape index (κ2) is 6.67. The van der Waals surface area contributed by atoms with Gasteiger partial charge in [-0.15, -0.1) is 0 Å². The first kappa shape index (κ1) is 16.6. The first-order valence-corrected chi connectivity index (χ1v) is 8.70. The van der Waals surface area contributed by atoms with Crippen molar-refractivity contribution in [3.8, 4) is 0 Å². The Kier molecular flexibility index (Phi) is 4.60. The number of nitrogens with two attached hydrogens (primary N) is 1. The topological polar surface area (TPSA) is 68.3 Å². The summed E-state index contributed by atoms with van der Waals surface area (Å²) >= 11 is 0. The second-order valence-electron chi connectivity index (χ2n) is 7.01. The van der Waals surface area contributed by atoms with Crippen molar-refractivity contribution in [2.45, 2.75) is 39.7 Å². The van der Waals surface area contributed by atoms with Crippen LogP contribution in [-0.2, 0) is 6.54 Å². The monoisotopic (exact) mass is 327 g/mol. The highest BCUT2D eigenvalue weighted by molar-refractivity contribution is 6.00. The van der Waals surface area contributed by atoms with E-state index in [4.69, 9.17) is 5.73 Å². The van der Waals surface area contributed by atoms with Crippen LogP contribution in [0.4, 0.5) is 5.69 Å². The molecule has 5 heteroatoms. The molecule has 2 aromatic rings. The van der Waals surface area contributed by atoms with Gasteiger partial charge in [-0.1, -0.05) is 19.9 Å². The van der Waals surface area contributed by atoms with Crippen molar-refractivity contribution in [1.82, 2.24) is 9.47 Å². The summed E-state index contributed by atoms with van der Waals surface area (Å²) < 4.78 is 1.99. The first-order valence-electron chi connectivity index (χ1n) is 8.70. The van der Waals surface area contributed by atoms with E-state index in [-0.39, 0.29) is 16.9 Å². The molecule has 3 rings (SSSR count). The summed E-state index contributed by atoms with van der Waals surface area (Å²) in [6, 6.07) is 5.46. The number of nitrogen functional groups attached to an aromatic ring is 1. The number of fused-ring (bicyclic) bond motifs is 1. The molecule has 0 unspecified atom stereocenters. The third-order valence-corrected chi connectivity index (χ3v) is 4.58. The molecule has 2 N–H and O–H groups in total. The number of aromatic nitrogens is 1. The minimum atomic E-state index is -0.251. The fourth-order valence-electron chi connectivity index (χ4n) is 3.43. The van der Waals surface area contributed by atoms with Crippen LogP contribution >= 0.6 is 0 Å². The molecule has 0 bridgehead atoms. The van der Waals surface area contributed by atoms with Gasteiger partial charge < -0.3 is 15.2 Å². The Morgan fingerprint density at radius 2 is 1.92 bits per heavy atom. The van der Waals surface area contributed by atoms with E-state index < -0.39 is 0 Å². The minimum absolute atomic E-state index is 0.164. The maximum atomic E-state index is 12.9. The number of piperidine rings is 1. The zero-order chi connectivity index (χ0) is 17.3. The molecule has 1 aliphatic heterocycles. The summed E-state index contributed by atoms with van der Waals surface area (Å²) in [5, 5.41) is 0.459. The quantitative estimate of drug-likeness (QED) is 0.881. The van der Waals surface area contributed by atoms with Crippen molar-refractivity contribution in [3.05, 3.63) is 40.2 Å². The third kappa shape index (κ3) is 3.03. The lowest BCUT2D eigenvalue weighted by atomic mass is 10.1. The summed E-state index contributed by atoms with van der Waals surface area (Å²) in [5.74, 6) is 0.234. The number of nitrogens with zero attached hydrogens (tertiary/aromatic N) is 2. The molecule has 24 heavy (non-hydrogen) atoms. The molecule has 2 heterocycles. The van der Waals surface area contributed by atoms with Crippen LogP contribution in [0.15, 0.2) is 29.2 Å². The van der Waals surface area contributed by atoms with Crippen molar-refractivity contribution >= 4 is 22.5 Å². The summed E-state index contributed by atoms with van der Waals surface area (Å²) in [7, 11) is 0. The zero-order valence-electron chi connectivity index (χ0n) is 14.4. The molecular formula is C19H25N3O2. The van der Waals surface area contributed by atoms with E-state index in [0.29, 0.717) is 17.0 Å². The van der Waals surface area contributed by atoms with E-state index in [9.17, 15) is 9.59 Å². The van der Waals surface area contributed by atoms with Gasteiger partial charge >= 0.3 is 0 Å². The van der Waals surface area contributed by atoms with Gasteiger partial charge in [0, 0.05) is 31.5 Å². The summed E-state index contributed by atoms with van der Waals surface area (Å²) in [4.78, 5) is 27.6. The van der Waals surface area contributed by atoms with Crippen molar-refractivity contribution < 1.29 is 4.79 Å². The summed E-state index contributed by atoms with van der Waals surface area (Å²) in [5.41, 5.74) is 7.28. The fourth-order valence-corrected chi connectivity index (χ4v) is 3.43. The van der Waals surface area contributed by atoms with Crippen molar-refractivity contribution in [1.29, 1.82) is 0 Å². The maximum Gasteiger partial charge on any atom is 0.259 e. The van der Waals surface area contributed by atoms with Crippen LogP contribution in [0.1, 0.15) is 43.5 Å². The highest BCUT2D eigenvalue weighted by Gasteiger charge is 2.23. The molecule has 0 aliphatic carbocycles. The highest BCUT2D eigenvalue weighted by Crippen LogP contribution is 2.21. The molecule has 1 aliphatic rings. The van der Waals surface area contributed by atoms with E-state index in [1.165, 1.54) is 0 Å². The number of pyridine rings is 1. The van der Waals surface area contributed by atoms with Crippen LogP contribution < -0.4 is 11.2 Å². The molecule has 0 atom stereocenters. The fraction of sp³-hybridized carbons (Fsp3) is 0.474. The highest BCUT2D eigenvalue weighted by atomic mass is 16.2. The van der Waals surface area contributed by atoms with Crippen LogP contribution in [-0.4, -0.2) is 28.5 Å². The van der Waals surface area contributed by atoms with Gasteiger partial charge in [0.25, 0.3) is 5.91 Å². The number of rotatable bonds is 3. The normalized spacial score (nSPS) is 15.2. The number of anilines is 1. The van der Waals surface area contributed by atoms with Gasteiger partial charge in [-0.2, -0.15) is 0 Å². The molecule has 1 saturated heterocycles. The number of amides is 1. The molecule has 1 amide bonds. The Morgan fingerprint density at radius 1 is 1.21 bits per heavy atom. The lowest BCUT2D eigenvalue weighted by Gasteiger charge is -2.27. The Hall–Kier alpha value is -2.30. The molecule has 0 saturated carbocycles. The standard InChI is InChI=1S/C19H25N3O2/c1-13(2)11-22-12-14(19(24)21-9-4-3-5-10-21)18(23)17-15(20)7-6-8-16(17)22/h6-8,12-13H,3-5,9-11,20H2,1-2H3. The molecule has 128 valence electrons. The number of benzene rings is 1.